The van der Waals surface area contributed by atoms with E-state index in [0.29, 0.717) is 23.9 Å². The van der Waals surface area contributed by atoms with Crippen molar-refractivity contribution in [1.82, 2.24) is 10.2 Å². The van der Waals surface area contributed by atoms with E-state index in [1.54, 1.807) is 0 Å². The summed E-state index contributed by atoms with van der Waals surface area (Å²) in [5, 5.41) is 7.82. The zero-order valence-electron chi connectivity index (χ0n) is 9.98. The van der Waals surface area contributed by atoms with E-state index in [-0.39, 0.29) is 5.38 Å². The van der Waals surface area contributed by atoms with Gasteiger partial charge in [-0.25, -0.2) is 0 Å². The molecule has 0 saturated carbocycles. The Labute approximate surface area is 101 Å². The second-order valence-corrected chi connectivity index (χ2v) is 5.34. The first kappa shape index (κ1) is 11.7. The first-order chi connectivity index (χ1) is 7.59. The van der Waals surface area contributed by atoms with Gasteiger partial charge in [0.15, 0.2) is 0 Å². The minimum Gasteiger partial charge on any atom is -0.406 e. The molecule has 0 N–H and O–H groups in total. The molecule has 0 radical (unpaired) electrons. The van der Waals surface area contributed by atoms with Crippen molar-refractivity contribution in [2.45, 2.75) is 45.0 Å². The smallest absolute Gasteiger partial charge is 0.318 e. The van der Waals surface area contributed by atoms with Gasteiger partial charge in [-0.2, -0.15) is 0 Å². The quantitative estimate of drug-likeness (QED) is 0.766. The van der Waals surface area contributed by atoms with Crippen LogP contribution in [-0.2, 0) is 0 Å². The molecule has 0 aromatic carbocycles. The van der Waals surface area contributed by atoms with Crippen LogP contribution in [0.4, 0.5) is 6.01 Å². The largest absolute Gasteiger partial charge is 0.406 e. The van der Waals surface area contributed by atoms with E-state index in [9.17, 15) is 0 Å². The van der Waals surface area contributed by atoms with Crippen molar-refractivity contribution in [3.63, 3.8) is 0 Å². The van der Waals surface area contributed by atoms with Gasteiger partial charge in [0.2, 0.25) is 5.89 Å². The molecule has 1 aromatic heterocycles. The van der Waals surface area contributed by atoms with E-state index in [2.05, 4.69) is 28.9 Å². The molecule has 0 amide bonds. The zero-order valence-corrected chi connectivity index (χ0v) is 10.7. The maximum atomic E-state index is 5.91. The summed E-state index contributed by atoms with van der Waals surface area (Å²) in [4.78, 5) is 2.21. The predicted molar refractivity (Wildman–Crippen MR) is 63.8 cm³/mol. The minimum absolute atomic E-state index is 0.221. The Bertz CT molecular complexity index is 351. The summed E-state index contributed by atoms with van der Waals surface area (Å²) in [5.41, 5.74) is 0. The average Bonchev–Trinajstić information content (AvgIpc) is 2.86. The molecule has 1 aliphatic heterocycles. The third kappa shape index (κ3) is 2.17. The lowest BCUT2D eigenvalue weighted by atomic mass is 10.0. The Kier molecular flexibility index (Phi) is 3.38. The third-order valence-corrected chi connectivity index (χ3v) is 3.27. The Hall–Kier alpha value is -0.770. The second kappa shape index (κ2) is 4.62. The van der Waals surface area contributed by atoms with Crippen molar-refractivity contribution in [3.05, 3.63) is 5.89 Å². The van der Waals surface area contributed by atoms with Crippen LogP contribution in [0.15, 0.2) is 4.42 Å². The van der Waals surface area contributed by atoms with Crippen LogP contribution in [0.3, 0.4) is 0 Å². The van der Waals surface area contributed by atoms with Crippen LogP contribution in [0, 0.1) is 5.92 Å². The van der Waals surface area contributed by atoms with Crippen LogP contribution in [0.2, 0.25) is 0 Å². The highest BCUT2D eigenvalue weighted by atomic mass is 35.5. The molecule has 2 unspecified atom stereocenters. The molecule has 1 saturated heterocycles. The highest BCUT2D eigenvalue weighted by molar-refractivity contribution is 6.20. The Morgan fingerprint density at radius 3 is 2.69 bits per heavy atom. The number of nitrogens with zero attached hydrogens (tertiary/aromatic N) is 3. The fourth-order valence-electron chi connectivity index (χ4n) is 2.23. The summed E-state index contributed by atoms with van der Waals surface area (Å²) >= 11 is 5.91. The summed E-state index contributed by atoms with van der Waals surface area (Å²) in [6, 6.07) is 1.14. The SMILES string of the molecule is CC(Cl)c1nnc(N2CCCC2C(C)C)o1. The number of anilines is 1. The highest BCUT2D eigenvalue weighted by Gasteiger charge is 2.30. The lowest BCUT2D eigenvalue weighted by molar-refractivity contribution is 0.437. The second-order valence-electron chi connectivity index (χ2n) is 4.69. The number of hydrogen-bond donors (Lipinski definition) is 0. The Morgan fingerprint density at radius 1 is 1.38 bits per heavy atom. The summed E-state index contributed by atoms with van der Waals surface area (Å²) in [6.45, 7) is 7.29. The number of aromatic nitrogens is 2. The summed E-state index contributed by atoms with van der Waals surface area (Å²) in [5.74, 6) is 1.11. The van der Waals surface area contributed by atoms with Crippen molar-refractivity contribution in [2.24, 2.45) is 5.92 Å². The highest BCUT2D eigenvalue weighted by Crippen LogP contribution is 2.30. The van der Waals surface area contributed by atoms with Gasteiger partial charge in [-0.05, 0) is 25.7 Å². The lowest BCUT2D eigenvalue weighted by Gasteiger charge is -2.25. The maximum Gasteiger partial charge on any atom is 0.318 e. The average molecular weight is 244 g/mol. The fourth-order valence-corrected chi connectivity index (χ4v) is 2.31. The monoisotopic (exact) mass is 243 g/mol. The molecule has 2 heterocycles. The molecule has 16 heavy (non-hydrogen) atoms. The number of hydrogen-bond acceptors (Lipinski definition) is 4. The molecule has 0 aliphatic carbocycles. The summed E-state index contributed by atoms with van der Waals surface area (Å²) < 4.78 is 5.58. The van der Waals surface area contributed by atoms with Crippen molar-refractivity contribution in [2.75, 3.05) is 11.4 Å². The number of alkyl halides is 1. The van der Waals surface area contributed by atoms with E-state index in [0.717, 1.165) is 6.54 Å². The van der Waals surface area contributed by atoms with Crippen LogP contribution >= 0.6 is 11.6 Å². The molecular weight excluding hydrogens is 226 g/mol. The standard InChI is InChI=1S/C11H18ClN3O/c1-7(2)9-5-4-6-15(9)11-14-13-10(16-11)8(3)12/h7-9H,4-6H2,1-3H3. The molecule has 90 valence electrons. The van der Waals surface area contributed by atoms with E-state index in [1.165, 1.54) is 12.8 Å². The van der Waals surface area contributed by atoms with Crippen LogP contribution in [0.1, 0.15) is 44.9 Å². The molecule has 1 aliphatic rings. The zero-order chi connectivity index (χ0) is 11.7. The van der Waals surface area contributed by atoms with Gasteiger partial charge in [0, 0.05) is 12.6 Å². The fraction of sp³-hybridized carbons (Fsp3) is 0.818. The normalized spacial score (nSPS) is 23.1. The maximum absolute atomic E-state index is 5.91. The van der Waals surface area contributed by atoms with Gasteiger partial charge >= 0.3 is 6.01 Å². The molecular formula is C11H18ClN3O. The van der Waals surface area contributed by atoms with Crippen LogP contribution in [-0.4, -0.2) is 22.8 Å². The lowest BCUT2D eigenvalue weighted by Crippen LogP contribution is -2.33. The van der Waals surface area contributed by atoms with Gasteiger partial charge in [-0.1, -0.05) is 18.9 Å². The molecule has 5 heteroatoms. The molecule has 1 fully saturated rings. The topological polar surface area (TPSA) is 42.2 Å². The van der Waals surface area contributed by atoms with Gasteiger partial charge in [0.25, 0.3) is 0 Å². The minimum atomic E-state index is -0.221. The third-order valence-electron chi connectivity index (χ3n) is 3.08. The first-order valence-electron chi connectivity index (χ1n) is 5.83. The molecule has 4 nitrogen and oxygen atoms in total. The van der Waals surface area contributed by atoms with Gasteiger partial charge in [0.05, 0.1) is 0 Å². The van der Waals surface area contributed by atoms with Crippen molar-refractivity contribution in [3.8, 4) is 0 Å². The molecule has 0 spiro atoms. The van der Waals surface area contributed by atoms with Gasteiger partial charge < -0.3 is 9.32 Å². The van der Waals surface area contributed by atoms with Crippen molar-refractivity contribution < 1.29 is 4.42 Å². The van der Waals surface area contributed by atoms with Crippen LogP contribution in [0.25, 0.3) is 0 Å². The molecule has 2 rings (SSSR count). The van der Waals surface area contributed by atoms with E-state index >= 15 is 0 Å². The predicted octanol–water partition coefficient (Wildman–Crippen LogP) is 2.99. The van der Waals surface area contributed by atoms with Crippen LogP contribution in [0.5, 0.6) is 0 Å². The Balaban J connectivity index is 2.16. The van der Waals surface area contributed by atoms with Crippen molar-refractivity contribution in [1.29, 1.82) is 0 Å². The van der Waals surface area contributed by atoms with Gasteiger partial charge in [-0.3, -0.25) is 0 Å². The van der Waals surface area contributed by atoms with E-state index in [1.807, 2.05) is 6.92 Å². The van der Waals surface area contributed by atoms with Gasteiger partial charge in [-0.15, -0.1) is 16.7 Å². The van der Waals surface area contributed by atoms with E-state index < -0.39 is 0 Å². The van der Waals surface area contributed by atoms with E-state index in [4.69, 9.17) is 16.0 Å². The van der Waals surface area contributed by atoms with Crippen LogP contribution < -0.4 is 4.90 Å². The molecule has 1 aromatic rings. The Morgan fingerprint density at radius 2 is 2.12 bits per heavy atom. The molecule has 0 bridgehead atoms. The number of rotatable bonds is 3. The van der Waals surface area contributed by atoms with Crippen molar-refractivity contribution >= 4 is 17.6 Å². The summed E-state index contributed by atoms with van der Waals surface area (Å²) in [7, 11) is 0. The van der Waals surface area contributed by atoms with Gasteiger partial charge in [0.1, 0.15) is 5.38 Å². The summed E-state index contributed by atoms with van der Waals surface area (Å²) in [6.07, 6.45) is 2.39. The number of halogens is 1. The first-order valence-corrected chi connectivity index (χ1v) is 6.27. The molecule has 2 atom stereocenters.